The van der Waals surface area contributed by atoms with Gasteiger partial charge in [0.25, 0.3) is 0 Å². The number of fused-ring (bicyclic) bond motifs is 1. The van der Waals surface area contributed by atoms with Crippen LogP contribution in [-0.4, -0.2) is 13.2 Å². The van der Waals surface area contributed by atoms with E-state index in [9.17, 15) is 0 Å². The first-order chi connectivity index (χ1) is 9.63. The molecule has 1 aliphatic rings. The van der Waals surface area contributed by atoms with E-state index in [-0.39, 0.29) is 5.41 Å². The van der Waals surface area contributed by atoms with Gasteiger partial charge in [-0.1, -0.05) is 37.3 Å². The van der Waals surface area contributed by atoms with Crippen molar-refractivity contribution in [2.24, 2.45) is 0 Å². The van der Waals surface area contributed by atoms with Crippen molar-refractivity contribution in [3.8, 4) is 5.75 Å². The molecule has 2 nitrogen and oxygen atoms in total. The summed E-state index contributed by atoms with van der Waals surface area (Å²) in [5.41, 5.74) is 3.93. The summed E-state index contributed by atoms with van der Waals surface area (Å²) in [6, 6.07) is 17.5. The Morgan fingerprint density at radius 2 is 1.90 bits per heavy atom. The van der Waals surface area contributed by atoms with Gasteiger partial charge >= 0.3 is 0 Å². The zero-order valence-electron chi connectivity index (χ0n) is 12.3. The maximum Gasteiger partial charge on any atom is 0.119 e. The first-order valence-corrected chi connectivity index (χ1v) is 7.14. The standard InChI is InChI=1S/C18H21NO/c1-13-12-18(2,14-7-5-4-6-8-14)16-11-15(20-3)9-10-17(16)19-13/h4-11,13,19H,12H2,1-3H3. The van der Waals surface area contributed by atoms with Crippen molar-refractivity contribution >= 4 is 5.69 Å². The van der Waals surface area contributed by atoms with Crippen LogP contribution in [0.3, 0.4) is 0 Å². The smallest absolute Gasteiger partial charge is 0.119 e. The van der Waals surface area contributed by atoms with Gasteiger partial charge in [0.15, 0.2) is 0 Å². The van der Waals surface area contributed by atoms with Gasteiger partial charge in [-0.25, -0.2) is 0 Å². The van der Waals surface area contributed by atoms with Crippen LogP contribution in [-0.2, 0) is 5.41 Å². The summed E-state index contributed by atoms with van der Waals surface area (Å²) in [6.07, 6.45) is 1.08. The molecule has 1 N–H and O–H groups in total. The molecule has 0 aromatic heterocycles. The van der Waals surface area contributed by atoms with E-state index in [2.05, 4.69) is 61.6 Å². The molecular weight excluding hydrogens is 246 g/mol. The molecule has 2 unspecified atom stereocenters. The fourth-order valence-corrected chi connectivity index (χ4v) is 3.35. The monoisotopic (exact) mass is 267 g/mol. The van der Waals surface area contributed by atoms with E-state index in [4.69, 9.17) is 4.74 Å². The third-order valence-electron chi connectivity index (χ3n) is 4.35. The quantitative estimate of drug-likeness (QED) is 0.880. The lowest BCUT2D eigenvalue weighted by Crippen LogP contribution is -2.37. The van der Waals surface area contributed by atoms with Gasteiger partial charge in [-0.05, 0) is 42.7 Å². The van der Waals surface area contributed by atoms with Gasteiger partial charge in [0.1, 0.15) is 5.75 Å². The van der Waals surface area contributed by atoms with Gasteiger partial charge in [-0.2, -0.15) is 0 Å². The molecule has 0 bridgehead atoms. The van der Waals surface area contributed by atoms with Gasteiger partial charge in [0, 0.05) is 17.1 Å². The molecule has 104 valence electrons. The molecule has 0 radical (unpaired) electrons. The summed E-state index contributed by atoms with van der Waals surface area (Å²) in [5, 5.41) is 3.58. The van der Waals surface area contributed by atoms with Gasteiger partial charge in [0.2, 0.25) is 0 Å². The van der Waals surface area contributed by atoms with Crippen molar-refractivity contribution < 1.29 is 4.74 Å². The number of nitrogens with one attached hydrogen (secondary N) is 1. The third kappa shape index (κ3) is 2.05. The van der Waals surface area contributed by atoms with Crippen LogP contribution < -0.4 is 10.1 Å². The molecule has 2 heteroatoms. The van der Waals surface area contributed by atoms with Crippen molar-refractivity contribution in [1.82, 2.24) is 0 Å². The zero-order chi connectivity index (χ0) is 14.2. The normalized spacial score (nSPS) is 24.6. The Bertz CT molecular complexity index is 608. The Morgan fingerprint density at radius 1 is 1.15 bits per heavy atom. The van der Waals surface area contributed by atoms with Gasteiger partial charge in [-0.15, -0.1) is 0 Å². The van der Waals surface area contributed by atoms with Crippen molar-refractivity contribution in [3.05, 3.63) is 59.7 Å². The average Bonchev–Trinajstić information content (AvgIpc) is 2.48. The van der Waals surface area contributed by atoms with Crippen LogP contribution in [0.25, 0.3) is 0 Å². The largest absolute Gasteiger partial charge is 0.497 e. The summed E-state index contributed by atoms with van der Waals surface area (Å²) in [7, 11) is 1.72. The first kappa shape index (κ1) is 13.0. The maximum absolute atomic E-state index is 5.41. The molecule has 2 aromatic carbocycles. The summed E-state index contributed by atoms with van der Waals surface area (Å²) in [6.45, 7) is 4.58. The molecule has 20 heavy (non-hydrogen) atoms. The van der Waals surface area contributed by atoms with E-state index in [1.807, 2.05) is 6.07 Å². The second kappa shape index (κ2) is 4.86. The molecule has 0 fully saturated rings. The summed E-state index contributed by atoms with van der Waals surface area (Å²) >= 11 is 0. The fraction of sp³-hybridized carbons (Fsp3) is 0.333. The molecule has 3 rings (SSSR count). The van der Waals surface area contributed by atoms with Crippen LogP contribution in [0.1, 0.15) is 31.4 Å². The molecule has 0 saturated heterocycles. The van der Waals surface area contributed by atoms with E-state index in [0.717, 1.165) is 12.2 Å². The second-order valence-corrected chi connectivity index (χ2v) is 5.86. The van der Waals surface area contributed by atoms with Crippen molar-refractivity contribution in [3.63, 3.8) is 0 Å². The lowest BCUT2D eigenvalue weighted by molar-refractivity contribution is 0.409. The molecule has 0 aliphatic carbocycles. The number of methoxy groups -OCH3 is 1. The van der Waals surface area contributed by atoms with Crippen molar-refractivity contribution in [2.45, 2.75) is 31.7 Å². The van der Waals surface area contributed by atoms with Gasteiger partial charge < -0.3 is 10.1 Å². The first-order valence-electron chi connectivity index (χ1n) is 7.14. The average molecular weight is 267 g/mol. The number of rotatable bonds is 2. The number of anilines is 1. The lowest BCUT2D eigenvalue weighted by Gasteiger charge is -2.40. The fourth-order valence-electron chi connectivity index (χ4n) is 3.35. The minimum Gasteiger partial charge on any atom is -0.497 e. The number of hydrogen-bond donors (Lipinski definition) is 1. The lowest BCUT2D eigenvalue weighted by atomic mass is 9.69. The highest BCUT2D eigenvalue weighted by Crippen LogP contribution is 2.45. The molecule has 0 saturated carbocycles. The Labute approximate surface area is 120 Å². The summed E-state index contributed by atoms with van der Waals surface area (Å²) < 4.78 is 5.41. The number of benzene rings is 2. The molecule has 0 spiro atoms. The van der Waals surface area contributed by atoms with Crippen LogP contribution in [0.15, 0.2) is 48.5 Å². The van der Waals surface area contributed by atoms with Crippen molar-refractivity contribution in [2.75, 3.05) is 12.4 Å². The SMILES string of the molecule is COc1ccc2c(c1)C(C)(c1ccccc1)CC(C)N2. The Hall–Kier alpha value is -1.96. The topological polar surface area (TPSA) is 21.3 Å². The van der Waals surface area contributed by atoms with E-state index >= 15 is 0 Å². The minimum absolute atomic E-state index is 0.0236. The Kier molecular flexibility index (Phi) is 3.17. The van der Waals surface area contributed by atoms with E-state index in [1.54, 1.807) is 7.11 Å². The van der Waals surface area contributed by atoms with Crippen LogP contribution in [0.5, 0.6) is 5.75 Å². The summed E-state index contributed by atoms with van der Waals surface area (Å²) in [4.78, 5) is 0. The number of ether oxygens (including phenoxy) is 1. The Balaban J connectivity index is 2.18. The van der Waals surface area contributed by atoms with Crippen LogP contribution in [0.4, 0.5) is 5.69 Å². The molecule has 2 atom stereocenters. The highest BCUT2D eigenvalue weighted by atomic mass is 16.5. The third-order valence-corrected chi connectivity index (χ3v) is 4.35. The molecule has 2 aromatic rings. The van der Waals surface area contributed by atoms with E-state index in [1.165, 1.54) is 16.8 Å². The highest BCUT2D eigenvalue weighted by Gasteiger charge is 2.36. The van der Waals surface area contributed by atoms with Gasteiger partial charge in [0.05, 0.1) is 7.11 Å². The molecule has 0 amide bonds. The summed E-state index contributed by atoms with van der Waals surface area (Å²) in [5.74, 6) is 0.919. The second-order valence-electron chi connectivity index (χ2n) is 5.86. The molecule has 1 heterocycles. The highest BCUT2D eigenvalue weighted by molar-refractivity contribution is 5.63. The van der Waals surface area contributed by atoms with Crippen LogP contribution >= 0.6 is 0 Å². The predicted octanol–water partition coefficient (Wildman–Crippen LogP) is 4.21. The zero-order valence-corrected chi connectivity index (χ0v) is 12.3. The Morgan fingerprint density at radius 3 is 2.60 bits per heavy atom. The van der Waals surface area contributed by atoms with Crippen molar-refractivity contribution in [1.29, 1.82) is 0 Å². The van der Waals surface area contributed by atoms with E-state index in [0.29, 0.717) is 6.04 Å². The number of hydrogen-bond acceptors (Lipinski definition) is 2. The van der Waals surface area contributed by atoms with Crippen LogP contribution in [0, 0.1) is 0 Å². The molecular formula is C18H21NO. The predicted molar refractivity (Wildman–Crippen MR) is 83.6 cm³/mol. The van der Waals surface area contributed by atoms with E-state index < -0.39 is 0 Å². The molecule has 1 aliphatic heterocycles. The van der Waals surface area contributed by atoms with Gasteiger partial charge in [-0.3, -0.25) is 0 Å². The minimum atomic E-state index is 0.0236. The maximum atomic E-state index is 5.41. The van der Waals surface area contributed by atoms with Crippen LogP contribution in [0.2, 0.25) is 0 Å².